The minimum atomic E-state index is -1.01. The van der Waals surface area contributed by atoms with Crippen LogP contribution in [-0.2, 0) is 9.53 Å². The van der Waals surface area contributed by atoms with Gasteiger partial charge in [0.15, 0.2) is 0 Å². The van der Waals surface area contributed by atoms with E-state index in [1.165, 1.54) is 0 Å². The molecule has 0 saturated carbocycles. The zero-order valence-electron chi connectivity index (χ0n) is 10.1. The number of hydrogen-bond acceptors (Lipinski definition) is 3. The van der Waals surface area contributed by atoms with Gasteiger partial charge in [-0.05, 0) is 40.9 Å². The van der Waals surface area contributed by atoms with E-state index >= 15 is 0 Å². The number of carbonyl (C=O) groups excluding carboxylic acids is 1. The van der Waals surface area contributed by atoms with Crippen molar-refractivity contribution >= 4 is 39.1 Å². The van der Waals surface area contributed by atoms with Gasteiger partial charge in [-0.3, -0.25) is 4.79 Å². The summed E-state index contributed by atoms with van der Waals surface area (Å²) < 4.78 is 5.82. The molecule has 100 valence electrons. The van der Waals surface area contributed by atoms with Crippen LogP contribution in [0.3, 0.4) is 0 Å². The number of hydrogen-bond donors (Lipinski definition) is 1. The normalized spacial score (nSPS) is 17.5. The van der Waals surface area contributed by atoms with E-state index in [9.17, 15) is 10.1 Å². The Hall–Kier alpha value is -1.09. The Morgan fingerprint density at radius 3 is 2.79 bits per heavy atom. The first-order valence-electron chi connectivity index (χ1n) is 5.83. The molecule has 4 nitrogen and oxygen atoms in total. The summed E-state index contributed by atoms with van der Waals surface area (Å²) in [5.74, 6) is -0.304. The largest absolute Gasteiger partial charge is 0.381 e. The van der Waals surface area contributed by atoms with Crippen LogP contribution in [0.25, 0.3) is 0 Å². The van der Waals surface area contributed by atoms with Gasteiger partial charge in [-0.15, -0.1) is 0 Å². The van der Waals surface area contributed by atoms with Crippen molar-refractivity contribution in [1.82, 2.24) is 0 Å². The van der Waals surface area contributed by atoms with Crippen LogP contribution in [0, 0.1) is 16.7 Å². The minimum Gasteiger partial charge on any atom is -0.381 e. The summed E-state index contributed by atoms with van der Waals surface area (Å²) in [6.07, 6.45) is 0.820. The average molecular weight is 344 g/mol. The third-order valence-corrected chi connectivity index (χ3v) is 4.59. The number of rotatable bonds is 2. The summed E-state index contributed by atoms with van der Waals surface area (Å²) in [6.45, 7) is 0.857. The fourth-order valence-corrected chi connectivity index (χ4v) is 2.49. The minimum absolute atomic E-state index is 0.304. The maximum atomic E-state index is 12.3. The van der Waals surface area contributed by atoms with Crippen molar-refractivity contribution < 1.29 is 9.53 Å². The molecule has 1 N–H and O–H groups in total. The van der Waals surface area contributed by atoms with E-state index in [1.807, 2.05) is 0 Å². The van der Waals surface area contributed by atoms with Gasteiger partial charge in [0.1, 0.15) is 5.41 Å². The van der Waals surface area contributed by atoms with Gasteiger partial charge < -0.3 is 10.1 Å². The molecule has 0 unspecified atom stereocenters. The van der Waals surface area contributed by atoms with E-state index in [-0.39, 0.29) is 5.91 Å². The Balaban J connectivity index is 2.20. The molecule has 1 aromatic rings. The monoisotopic (exact) mass is 342 g/mol. The van der Waals surface area contributed by atoms with E-state index < -0.39 is 5.41 Å². The number of halogens is 2. The highest BCUT2D eigenvalue weighted by Gasteiger charge is 2.40. The zero-order valence-corrected chi connectivity index (χ0v) is 12.4. The van der Waals surface area contributed by atoms with Crippen molar-refractivity contribution in [3.8, 4) is 6.07 Å². The highest BCUT2D eigenvalue weighted by atomic mass is 79.9. The van der Waals surface area contributed by atoms with Gasteiger partial charge in [-0.25, -0.2) is 0 Å². The summed E-state index contributed by atoms with van der Waals surface area (Å²) in [4.78, 5) is 12.3. The topological polar surface area (TPSA) is 62.1 Å². The fourth-order valence-electron chi connectivity index (χ4n) is 1.95. The van der Waals surface area contributed by atoms with E-state index in [2.05, 4.69) is 27.3 Å². The third kappa shape index (κ3) is 2.92. The maximum absolute atomic E-state index is 12.3. The highest BCUT2D eigenvalue weighted by Crippen LogP contribution is 2.34. The van der Waals surface area contributed by atoms with Gasteiger partial charge in [0.2, 0.25) is 5.91 Å². The predicted molar refractivity (Wildman–Crippen MR) is 75.9 cm³/mol. The molecule has 1 aliphatic heterocycles. The first-order valence-corrected chi connectivity index (χ1v) is 7.01. The molecular weight excluding hydrogens is 332 g/mol. The molecule has 0 aliphatic carbocycles. The number of nitriles is 1. The second-order valence-corrected chi connectivity index (χ2v) is 5.56. The van der Waals surface area contributed by atoms with Crippen molar-refractivity contribution in [2.24, 2.45) is 5.41 Å². The standard InChI is InChI=1S/C13H12BrClN2O2/c14-11-9(15)2-1-3-10(11)17-12(18)13(8-16)4-6-19-7-5-13/h1-3H,4-7H2,(H,17,18). The quantitative estimate of drug-likeness (QED) is 0.895. The predicted octanol–water partition coefficient (Wildman–Crippen LogP) is 3.36. The second-order valence-electron chi connectivity index (χ2n) is 4.36. The van der Waals surface area contributed by atoms with Crippen LogP contribution < -0.4 is 5.32 Å². The van der Waals surface area contributed by atoms with Crippen LogP contribution in [0.5, 0.6) is 0 Å². The lowest BCUT2D eigenvalue weighted by Gasteiger charge is -2.29. The molecular formula is C13H12BrClN2O2. The summed E-state index contributed by atoms with van der Waals surface area (Å²) in [7, 11) is 0. The first kappa shape index (κ1) is 14.3. The van der Waals surface area contributed by atoms with E-state index in [0.29, 0.717) is 41.2 Å². The second kappa shape index (κ2) is 5.91. The molecule has 1 saturated heterocycles. The summed E-state index contributed by atoms with van der Waals surface area (Å²) in [6, 6.07) is 7.33. The van der Waals surface area contributed by atoms with E-state index in [0.717, 1.165) is 0 Å². The Morgan fingerprint density at radius 2 is 2.16 bits per heavy atom. The van der Waals surface area contributed by atoms with Crippen molar-refractivity contribution in [2.45, 2.75) is 12.8 Å². The Labute approximate surface area is 124 Å². The van der Waals surface area contributed by atoms with Crippen molar-refractivity contribution in [1.29, 1.82) is 5.26 Å². The lowest BCUT2D eigenvalue weighted by Crippen LogP contribution is -2.40. The van der Waals surface area contributed by atoms with Crippen LogP contribution in [-0.4, -0.2) is 19.1 Å². The van der Waals surface area contributed by atoms with Gasteiger partial charge in [0.25, 0.3) is 0 Å². The summed E-state index contributed by atoms with van der Waals surface area (Å²) in [5, 5.41) is 12.6. The number of benzene rings is 1. The third-order valence-electron chi connectivity index (χ3n) is 3.19. The number of nitrogens with zero attached hydrogens (tertiary/aromatic N) is 1. The highest BCUT2D eigenvalue weighted by molar-refractivity contribution is 9.10. The van der Waals surface area contributed by atoms with Gasteiger partial charge in [0.05, 0.1) is 21.3 Å². The average Bonchev–Trinajstić information content (AvgIpc) is 2.44. The number of ether oxygens (including phenoxy) is 1. The Bertz CT molecular complexity index is 536. The smallest absolute Gasteiger partial charge is 0.245 e. The van der Waals surface area contributed by atoms with Crippen LogP contribution in [0.1, 0.15) is 12.8 Å². The molecule has 1 fully saturated rings. The SMILES string of the molecule is N#CC1(C(=O)Nc2cccc(Cl)c2Br)CCOCC1. The molecule has 0 atom stereocenters. The van der Waals surface area contributed by atoms with Gasteiger partial charge in [-0.2, -0.15) is 5.26 Å². The van der Waals surface area contributed by atoms with Gasteiger partial charge in [-0.1, -0.05) is 17.7 Å². The summed E-state index contributed by atoms with van der Waals surface area (Å²) in [5.41, 5.74) is -0.446. The lowest BCUT2D eigenvalue weighted by molar-refractivity contribution is -0.126. The molecule has 0 aromatic heterocycles. The summed E-state index contributed by atoms with van der Waals surface area (Å²) >= 11 is 9.29. The molecule has 1 heterocycles. The molecule has 1 amide bonds. The molecule has 1 aromatic carbocycles. The van der Waals surface area contributed by atoms with E-state index in [4.69, 9.17) is 16.3 Å². The Kier molecular flexibility index (Phi) is 4.46. The molecule has 6 heteroatoms. The number of carbonyl (C=O) groups is 1. The fraction of sp³-hybridized carbons (Fsp3) is 0.385. The van der Waals surface area contributed by atoms with Crippen molar-refractivity contribution in [3.63, 3.8) is 0 Å². The molecule has 19 heavy (non-hydrogen) atoms. The van der Waals surface area contributed by atoms with Crippen molar-refractivity contribution in [2.75, 3.05) is 18.5 Å². The molecule has 0 spiro atoms. The van der Waals surface area contributed by atoms with Crippen LogP contribution >= 0.6 is 27.5 Å². The molecule has 0 bridgehead atoms. The van der Waals surface area contributed by atoms with Crippen LogP contribution in [0.15, 0.2) is 22.7 Å². The van der Waals surface area contributed by atoms with Crippen LogP contribution in [0.2, 0.25) is 5.02 Å². The van der Waals surface area contributed by atoms with Gasteiger partial charge >= 0.3 is 0 Å². The Morgan fingerprint density at radius 1 is 1.47 bits per heavy atom. The number of nitrogens with one attached hydrogen (secondary N) is 1. The lowest BCUT2D eigenvalue weighted by atomic mass is 9.81. The molecule has 1 aliphatic rings. The van der Waals surface area contributed by atoms with Crippen LogP contribution in [0.4, 0.5) is 5.69 Å². The molecule has 0 radical (unpaired) electrons. The maximum Gasteiger partial charge on any atom is 0.245 e. The number of anilines is 1. The zero-order chi connectivity index (χ0) is 13.9. The van der Waals surface area contributed by atoms with Crippen molar-refractivity contribution in [3.05, 3.63) is 27.7 Å². The first-order chi connectivity index (χ1) is 9.09. The molecule has 2 rings (SSSR count). The number of amides is 1. The van der Waals surface area contributed by atoms with E-state index in [1.54, 1.807) is 18.2 Å². The van der Waals surface area contributed by atoms with Gasteiger partial charge in [0, 0.05) is 13.2 Å².